The molecule has 1 amide bonds. The van der Waals surface area contributed by atoms with Crippen LogP contribution in [0.1, 0.15) is 40.5 Å². The predicted molar refractivity (Wildman–Crippen MR) is 70.8 cm³/mol. The summed E-state index contributed by atoms with van der Waals surface area (Å²) < 4.78 is 0. The van der Waals surface area contributed by atoms with Gasteiger partial charge in [-0.1, -0.05) is 0 Å². The number of rotatable bonds is 4. The molecule has 0 aromatic heterocycles. The van der Waals surface area contributed by atoms with Crippen LogP contribution in [0.25, 0.3) is 0 Å². The van der Waals surface area contributed by atoms with Gasteiger partial charge in [-0.05, 0) is 47.1 Å². The quantitative estimate of drug-likeness (QED) is 0.800. The molecule has 0 aliphatic carbocycles. The molecule has 0 unspecified atom stereocenters. The van der Waals surface area contributed by atoms with Crippen molar-refractivity contribution in [1.82, 2.24) is 9.80 Å². The Morgan fingerprint density at radius 2 is 1.94 bits per heavy atom. The molecule has 1 aliphatic rings. The molecule has 2 N–H and O–H groups in total. The van der Waals surface area contributed by atoms with E-state index in [1.807, 2.05) is 4.90 Å². The first-order chi connectivity index (χ1) is 7.91. The van der Waals surface area contributed by atoms with Gasteiger partial charge in [-0.3, -0.25) is 9.69 Å². The van der Waals surface area contributed by atoms with E-state index < -0.39 is 0 Å². The first-order valence-electron chi connectivity index (χ1n) is 6.71. The molecule has 1 atom stereocenters. The molecule has 1 fully saturated rings. The molecule has 0 spiro atoms. The van der Waals surface area contributed by atoms with Gasteiger partial charge in [0.15, 0.2) is 0 Å². The van der Waals surface area contributed by atoms with Crippen molar-refractivity contribution in [3.05, 3.63) is 0 Å². The first-order valence-corrected chi connectivity index (χ1v) is 6.71. The second-order valence-electron chi connectivity index (χ2n) is 5.63. The summed E-state index contributed by atoms with van der Waals surface area (Å²) in [7, 11) is 0. The van der Waals surface area contributed by atoms with Gasteiger partial charge in [-0.15, -0.1) is 0 Å². The van der Waals surface area contributed by atoms with Crippen LogP contribution in [0.2, 0.25) is 0 Å². The summed E-state index contributed by atoms with van der Waals surface area (Å²) in [5.41, 5.74) is 5.93. The number of hydrogen-bond acceptors (Lipinski definition) is 3. The molecule has 0 bridgehead atoms. The molecule has 0 aromatic carbocycles. The maximum absolute atomic E-state index is 12.2. The molecule has 17 heavy (non-hydrogen) atoms. The Morgan fingerprint density at radius 3 is 2.41 bits per heavy atom. The van der Waals surface area contributed by atoms with Crippen molar-refractivity contribution in [2.24, 2.45) is 5.73 Å². The standard InChI is InChI=1S/C13H27N3O/c1-10(2)16(11(3)4)13(17)9-15-7-5-6-12(14)8-15/h10-12H,5-9,14H2,1-4H3/t12-/m1/s1. The van der Waals surface area contributed by atoms with Crippen LogP contribution in [0.3, 0.4) is 0 Å². The van der Waals surface area contributed by atoms with Gasteiger partial charge in [-0.25, -0.2) is 0 Å². The zero-order chi connectivity index (χ0) is 13.0. The Balaban J connectivity index is 2.51. The minimum Gasteiger partial charge on any atom is -0.337 e. The van der Waals surface area contributed by atoms with Crippen molar-refractivity contribution < 1.29 is 4.79 Å². The Hall–Kier alpha value is -0.610. The Morgan fingerprint density at radius 1 is 1.35 bits per heavy atom. The van der Waals surface area contributed by atoms with E-state index in [1.165, 1.54) is 0 Å². The minimum atomic E-state index is 0.226. The van der Waals surface area contributed by atoms with Crippen LogP contribution in [0.15, 0.2) is 0 Å². The number of carbonyl (C=O) groups excluding carboxylic acids is 1. The van der Waals surface area contributed by atoms with Crippen LogP contribution >= 0.6 is 0 Å². The smallest absolute Gasteiger partial charge is 0.237 e. The molecular weight excluding hydrogens is 214 g/mol. The normalized spacial score (nSPS) is 22.2. The number of nitrogens with zero attached hydrogens (tertiary/aromatic N) is 2. The summed E-state index contributed by atoms with van der Waals surface area (Å²) in [5.74, 6) is 0.226. The topological polar surface area (TPSA) is 49.6 Å². The Bertz CT molecular complexity index is 245. The van der Waals surface area contributed by atoms with E-state index >= 15 is 0 Å². The zero-order valence-corrected chi connectivity index (χ0v) is 11.6. The minimum absolute atomic E-state index is 0.226. The fourth-order valence-electron chi connectivity index (χ4n) is 2.68. The highest BCUT2D eigenvalue weighted by atomic mass is 16.2. The number of carbonyl (C=O) groups is 1. The molecule has 1 rings (SSSR count). The average Bonchev–Trinajstić information content (AvgIpc) is 2.15. The van der Waals surface area contributed by atoms with Gasteiger partial charge in [-0.2, -0.15) is 0 Å². The van der Waals surface area contributed by atoms with Crippen LogP contribution in [0, 0.1) is 0 Å². The third kappa shape index (κ3) is 4.28. The second kappa shape index (κ2) is 6.36. The summed E-state index contributed by atoms with van der Waals surface area (Å²) in [5, 5.41) is 0. The van der Waals surface area contributed by atoms with E-state index in [0.29, 0.717) is 6.54 Å². The highest BCUT2D eigenvalue weighted by Gasteiger charge is 2.24. The van der Waals surface area contributed by atoms with E-state index in [0.717, 1.165) is 25.9 Å². The lowest BCUT2D eigenvalue weighted by Crippen LogP contribution is -2.50. The number of likely N-dealkylation sites (tertiary alicyclic amines) is 1. The lowest BCUT2D eigenvalue weighted by Gasteiger charge is -2.35. The van der Waals surface area contributed by atoms with Crippen molar-refractivity contribution >= 4 is 5.91 Å². The van der Waals surface area contributed by atoms with Crippen LogP contribution in [0.4, 0.5) is 0 Å². The fourth-order valence-corrected chi connectivity index (χ4v) is 2.68. The second-order valence-corrected chi connectivity index (χ2v) is 5.63. The molecule has 4 heteroatoms. The highest BCUT2D eigenvalue weighted by molar-refractivity contribution is 5.78. The lowest BCUT2D eigenvalue weighted by atomic mass is 10.1. The summed E-state index contributed by atoms with van der Waals surface area (Å²) in [6, 6.07) is 0.769. The van der Waals surface area contributed by atoms with E-state index in [-0.39, 0.29) is 24.0 Å². The molecule has 1 heterocycles. The number of amides is 1. The van der Waals surface area contributed by atoms with E-state index in [1.54, 1.807) is 0 Å². The predicted octanol–water partition coefficient (Wildman–Crippen LogP) is 1.05. The molecule has 1 saturated heterocycles. The van der Waals surface area contributed by atoms with Gasteiger partial charge in [0, 0.05) is 24.7 Å². The Labute approximate surface area is 105 Å². The Kier molecular flexibility index (Phi) is 5.40. The molecular formula is C13H27N3O. The van der Waals surface area contributed by atoms with Crippen molar-refractivity contribution in [3.8, 4) is 0 Å². The zero-order valence-electron chi connectivity index (χ0n) is 11.6. The summed E-state index contributed by atoms with van der Waals surface area (Å²) >= 11 is 0. The van der Waals surface area contributed by atoms with Crippen LogP contribution < -0.4 is 5.73 Å². The van der Waals surface area contributed by atoms with Gasteiger partial charge < -0.3 is 10.6 Å². The van der Waals surface area contributed by atoms with E-state index in [4.69, 9.17) is 5.73 Å². The first kappa shape index (κ1) is 14.5. The number of nitrogens with two attached hydrogens (primary N) is 1. The van der Waals surface area contributed by atoms with Crippen molar-refractivity contribution in [2.75, 3.05) is 19.6 Å². The van der Waals surface area contributed by atoms with Crippen molar-refractivity contribution in [3.63, 3.8) is 0 Å². The van der Waals surface area contributed by atoms with Crippen LogP contribution in [-0.4, -0.2) is 53.5 Å². The fraction of sp³-hybridized carbons (Fsp3) is 0.923. The van der Waals surface area contributed by atoms with E-state index in [2.05, 4.69) is 32.6 Å². The van der Waals surface area contributed by atoms with Crippen LogP contribution in [0.5, 0.6) is 0 Å². The van der Waals surface area contributed by atoms with Gasteiger partial charge in [0.25, 0.3) is 0 Å². The van der Waals surface area contributed by atoms with Gasteiger partial charge in [0.05, 0.1) is 6.54 Å². The maximum atomic E-state index is 12.2. The summed E-state index contributed by atoms with van der Waals surface area (Å²) in [4.78, 5) is 16.4. The molecule has 0 aromatic rings. The largest absolute Gasteiger partial charge is 0.337 e. The monoisotopic (exact) mass is 241 g/mol. The number of piperidine rings is 1. The molecule has 1 aliphatic heterocycles. The molecule has 4 nitrogen and oxygen atoms in total. The summed E-state index contributed by atoms with van der Waals surface area (Å²) in [6.07, 6.45) is 2.20. The SMILES string of the molecule is CC(C)N(C(=O)CN1CCC[C@@H](N)C1)C(C)C. The molecule has 0 saturated carbocycles. The molecule has 0 radical (unpaired) electrons. The maximum Gasteiger partial charge on any atom is 0.237 e. The third-order valence-corrected chi connectivity index (χ3v) is 3.30. The van der Waals surface area contributed by atoms with Crippen molar-refractivity contribution in [2.45, 2.75) is 58.7 Å². The number of hydrogen-bond donors (Lipinski definition) is 1. The highest BCUT2D eigenvalue weighted by Crippen LogP contribution is 2.11. The average molecular weight is 241 g/mol. The van der Waals surface area contributed by atoms with Crippen LogP contribution in [-0.2, 0) is 4.79 Å². The van der Waals surface area contributed by atoms with Gasteiger partial charge >= 0.3 is 0 Å². The van der Waals surface area contributed by atoms with Crippen molar-refractivity contribution in [1.29, 1.82) is 0 Å². The van der Waals surface area contributed by atoms with Gasteiger partial charge in [0.2, 0.25) is 5.91 Å². The summed E-state index contributed by atoms with van der Waals surface area (Å²) in [6.45, 7) is 10.7. The lowest BCUT2D eigenvalue weighted by molar-refractivity contribution is -0.136. The molecule has 100 valence electrons. The third-order valence-electron chi connectivity index (χ3n) is 3.30. The van der Waals surface area contributed by atoms with Gasteiger partial charge in [0.1, 0.15) is 0 Å². The van der Waals surface area contributed by atoms with E-state index in [9.17, 15) is 4.79 Å².